The number of rotatable bonds is 2. The number of carbonyl (C=O) groups excluding carboxylic acids is 1. The normalized spacial score (nSPS) is 11.5. The molecule has 60 valence electrons. The van der Waals surface area contributed by atoms with Crippen molar-refractivity contribution >= 4 is 5.78 Å². The molecule has 4 heteroatoms. The van der Waals surface area contributed by atoms with Crippen LogP contribution in [0.2, 0.25) is 0 Å². The van der Waals surface area contributed by atoms with Crippen LogP contribution < -0.4 is 0 Å². The Morgan fingerprint density at radius 3 is 2.73 bits per heavy atom. The molecule has 0 atom stereocenters. The van der Waals surface area contributed by atoms with Crippen LogP contribution in [0.5, 0.6) is 0 Å². The summed E-state index contributed by atoms with van der Waals surface area (Å²) < 4.78 is 0. The predicted octanol–water partition coefficient (Wildman–Crippen LogP) is 0.363. The second-order valence-corrected chi connectivity index (χ2v) is 2.83. The van der Waals surface area contributed by atoms with Crippen molar-refractivity contribution in [1.29, 1.82) is 0 Å². The lowest BCUT2D eigenvalue weighted by Gasteiger charge is -2.12. The summed E-state index contributed by atoms with van der Waals surface area (Å²) >= 11 is 0. The minimum Gasteiger partial charge on any atom is -0.382 e. The molecular formula is C7H10N2O2. The van der Waals surface area contributed by atoms with Crippen molar-refractivity contribution in [3.63, 3.8) is 0 Å². The fraction of sp³-hybridized carbons (Fsp3) is 0.429. The molecule has 4 nitrogen and oxygen atoms in total. The SMILES string of the molecule is CC(C)(O)C(=O)c1ncc[nH]1. The number of aromatic amines is 1. The molecule has 1 aromatic rings. The number of aromatic nitrogens is 2. The van der Waals surface area contributed by atoms with E-state index in [0.29, 0.717) is 0 Å². The molecule has 0 fully saturated rings. The topological polar surface area (TPSA) is 66.0 Å². The van der Waals surface area contributed by atoms with Gasteiger partial charge in [-0.05, 0) is 13.8 Å². The van der Waals surface area contributed by atoms with Crippen molar-refractivity contribution < 1.29 is 9.90 Å². The van der Waals surface area contributed by atoms with E-state index in [0.717, 1.165) is 0 Å². The molecule has 0 aromatic carbocycles. The van der Waals surface area contributed by atoms with E-state index >= 15 is 0 Å². The zero-order valence-corrected chi connectivity index (χ0v) is 6.46. The zero-order valence-electron chi connectivity index (χ0n) is 6.46. The molecule has 1 heterocycles. The largest absolute Gasteiger partial charge is 0.382 e. The second kappa shape index (κ2) is 2.47. The highest BCUT2D eigenvalue weighted by Gasteiger charge is 2.26. The summed E-state index contributed by atoms with van der Waals surface area (Å²) in [6.45, 7) is 2.86. The molecule has 0 spiro atoms. The van der Waals surface area contributed by atoms with E-state index < -0.39 is 11.4 Å². The van der Waals surface area contributed by atoms with E-state index in [2.05, 4.69) is 9.97 Å². The first kappa shape index (κ1) is 7.94. The summed E-state index contributed by atoms with van der Waals surface area (Å²) in [4.78, 5) is 17.5. The van der Waals surface area contributed by atoms with Crippen LogP contribution in [-0.4, -0.2) is 26.5 Å². The van der Waals surface area contributed by atoms with Crippen LogP contribution in [0.4, 0.5) is 0 Å². The minimum absolute atomic E-state index is 0.192. The molecule has 0 amide bonds. The van der Waals surface area contributed by atoms with E-state index in [-0.39, 0.29) is 5.82 Å². The summed E-state index contributed by atoms with van der Waals surface area (Å²) in [5.74, 6) is -0.208. The lowest BCUT2D eigenvalue weighted by molar-refractivity contribution is 0.0477. The lowest BCUT2D eigenvalue weighted by atomic mass is 10.0. The van der Waals surface area contributed by atoms with Crippen LogP contribution in [0.15, 0.2) is 12.4 Å². The molecule has 0 aliphatic heterocycles. The van der Waals surface area contributed by atoms with Gasteiger partial charge in [0.1, 0.15) is 5.60 Å². The average Bonchev–Trinajstić information content (AvgIpc) is 2.34. The summed E-state index contributed by atoms with van der Waals surface area (Å²) in [5.41, 5.74) is -1.35. The van der Waals surface area contributed by atoms with Gasteiger partial charge in [0.25, 0.3) is 0 Å². The first-order chi connectivity index (χ1) is 5.02. The number of ketones is 1. The summed E-state index contributed by atoms with van der Waals surface area (Å²) in [6, 6.07) is 0. The van der Waals surface area contributed by atoms with E-state index in [9.17, 15) is 9.90 Å². The third-order valence-corrected chi connectivity index (χ3v) is 1.27. The summed E-state index contributed by atoms with van der Waals surface area (Å²) in [5, 5.41) is 9.25. The second-order valence-electron chi connectivity index (χ2n) is 2.83. The third-order valence-electron chi connectivity index (χ3n) is 1.27. The first-order valence-electron chi connectivity index (χ1n) is 3.28. The van der Waals surface area contributed by atoms with Crippen LogP contribution in [0.3, 0.4) is 0 Å². The van der Waals surface area contributed by atoms with E-state index in [4.69, 9.17) is 0 Å². The highest BCUT2D eigenvalue weighted by atomic mass is 16.3. The molecule has 0 saturated carbocycles. The van der Waals surface area contributed by atoms with Crippen molar-refractivity contribution in [2.45, 2.75) is 19.4 Å². The Balaban J connectivity index is 2.88. The van der Waals surface area contributed by atoms with Crippen LogP contribution in [0.1, 0.15) is 24.5 Å². The van der Waals surface area contributed by atoms with E-state index in [1.165, 1.54) is 20.0 Å². The molecule has 11 heavy (non-hydrogen) atoms. The van der Waals surface area contributed by atoms with Gasteiger partial charge in [-0.15, -0.1) is 0 Å². The highest BCUT2D eigenvalue weighted by Crippen LogP contribution is 2.07. The molecule has 0 bridgehead atoms. The predicted molar refractivity (Wildman–Crippen MR) is 39.2 cm³/mol. The van der Waals surface area contributed by atoms with Gasteiger partial charge in [0.2, 0.25) is 5.78 Å². The van der Waals surface area contributed by atoms with Crippen molar-refractivity contribution in [1.82, 2.24) is 9.97 Å². The number of hydrogen-bond acceptors (Lipinski definition) is 3. The van der Waals surface area contributed by atoms with Crippen LogP contribution >= 0.6 is 0 Å². The van der Waals surface area contributed by atoms with Gasteiger partial charge in [-0.2, -0.15) is 0 Å². The number of H-pyrrole nitrogens is 1. The smallest absolute Gasteiger partial charge is 0.228 e. The van der Waals surface area contributed by atoms with E-state index in [1.807, 2.05) is 0 Å². The van der Waals surface area contributed by atoms with Crippen molar-refractivity contribution in [3.05, 3.63) is 18.2 Å². The quantitative estimate of drug-likeness (QED) is 0.604. The number of Topliss-reactive ketones (excluding diaryl/α,β-unsaturated/α-hetero) is 1. The average molecular weight is 154 g/mol. The fourth-order valence-electron chi connectivity index (χ4n) is 0.679. The molecule has 0 radical (unpaired) electrons. The molecule has 1 aromatic heterocycles. The maximum atomic E-state index is 11.2. The van der Waals surface area contributed by atoms with Gasteiger partial charge in [-0.3, -0.25) is 4.79 Å². The Morgan fingerprint density at radius 1 is 1.73 bits per heavy atom. The van der Waals surface area contributed by atoms with Gasteiger partial charge in [0, 0.05) is 12.4 Å². The standard InChI is InChI=1S/C7H10N2O2/c1-7(2,11)5(10)6-8-3-4-9-6/h3-4,11H,1-2H3,(H,8,9). The summed E-state index contributed by atoms with van der Waals surface area (Å²) in [6.07, 6.45) is 3.01. The van der Waals surface area contributed by atoms with Gasteiger partial charge in [0.05, 0.1) is 0 Å². The van der Waals surface area contributed by atoms with Crippen LogP contribution in [-0.2, 0) is 0 Å². The van der Waals surface area contributed by atoms with Gasteiger partial charge in [-0.1, -0.05) is 0 Å². The maximum Gasteiger partial charge on any atom is 0.228 e. The highest BCUT2D eigenvalue weighted by molar-refractivity contribution is 5.98. The van der Waals surface area contributed by atoms with Crippen molar-refractivity contribution in [2.24, 2.45) is 0 Å². The Hall–Kier alpha value is -1.16. The maximum absolute atomic E-state index is 11.2. The van der Waals surface area contributed by atoms with Crippen molar-refractivity contribution in [2.75, 3.05) is 0 Å². The molecule has 1 rings (SSSR count). The lowest BCUT2D eigenvalue weighted by Crippen LogP contribution is -2.31. The van der Waals surface area contributed by atoms with Gasteiger partial charge in [0.15, 0.2) is 5.82 Å². The number of carbonyl (C=O) groups is 1. The number of imidazole rings is 1. The van der Waals surface area contributed by atoms with Crippen LogP contribution in [0, 0.1) is 0 Å². The number of nitrogens with one attached hydrogen (secondary N) is 1. The fourth-order valence-corrected chi connectivity index (χ4v) is 0.679. The first-order valence-corrected chi connectivity index (χ1v) is 3.28. The Labute approximate surface area is 64.3 Å². The Bertz CT molecular complexity index is 246. The van der Waals surface area contributed by atoms with Gasteiger partial charge in [-0.25, -0.2) is 4.98 Å². The summed E-state index contributed by atoms with van der Waals surface area (Å²) in [7, 11) is 0. The third kappa shape index (κ3) is 1.65. The molecule has 0 unspecified atom stereocenters. The monoisotopic (exact) mass is 154 g/mol. The zero-order chi connectivity index (χ0) is 8.48. The molecule has 0 saturated heterocycles. The van der Waals surface area contributed by atoms with E-state index in [1.54, 1.807) is 6.20 Å². The van der Waals surface area contributed by atoms with Crippen LogP contribution in [0.25, 0.3) is 0 Å². The molecular weight excluding hydrogens is 144 g/mol. The van der Waals surface area contributed by atoms with Gasteiger partial charge < -0.3 is 10.1 Å². The van der Waals surface area contributed by atoms with Crippen molar-refractivity contribution in [3.8, 4) is 0 Å². The molecule has 2 N–H and O–H groups in total. The molecule has 0 aliphatic carbocycles. The number of hydrogen-bond donors (Lipinski definition) is 2. The minimum atomic E-state index is -1.35. The Morgan fingerprint density at radius 2 is 2.36 bits per heavy atom. The number of nitrogens with zero attached hydrogens (tertiary/aromatic N) is 1. The molecule has 0 aliphatic rings. The number of aliphatic hydroxyl groups is 1. The van der Waals surface area contributed by atoms with Gasteiger partial charge >= 0.3 is 0 Å². The Kier molecular flexibility index (Phi) is 1.78.